The van der Waals surface area contributed by atoms with Gasteiger partial charge in [-0.25, -0.2) is 105 Å². The second-order valence-corrected chi connectivity index (χ2v) is 29.1. The van der Waals surface area contributed by atoms with Gasteiger partial charge in [0.15, 0.2) is 69.0 Å². The van der Waals surface area contributed by atoms with Gasteiger partial charge < -0.3 is 49.4 Å². The van der Waals surface area contributed by atoms with Crippen LogP contribution in [-0.2, 0) is 63.6 Å². The molecule has 25 nitrogen and oxygen atoms in total. The Kier molecular flexibility index (Phi) is 24.3. The Morgan fingerprint density at radius 2 is 0.563 bits per heavy atom. The third-order valence-electron chi connectivity index (χ3n) is 19.2. The van der Waals surface area contributed by atoms with Crippen molar-refractivity contribution >= 4 is 84.9 Å². The second kappa shape index (κ2) is 35.1. The van der Waals surface area contributed by atoms with Crippen LogP contribution < -0.4 is 26.6 Å². The molecular weight excluding hydrogens is 1720 g/mol. The minimum atomic E-state index is -4.76. The maximum atomic E-state index is 13.9. The van der Waals surface area contributed by atoms with Gasteiger partial charge in [0.05, 0.1) is 64.4 Å². The first-order valence-corrected chi connectivity index (χ1v) is 38.2. The van der Waals surface area contributed by atoms with Crippen LogP contribution in [0.5, 0.6) is 0 Å². The molecule has 0 spiro atoms. The van der Waals surface area contributed by atoms with Gasteiger partial charge in [-0.2, -0.15) is 65.9 Å². The number of halogens is 22. The first kappa shape index (κ1) is 87.2. The summed E-state index contributed by atoms with van der Waals surface area (Å²) in [6, 6.07) is 25.2. The molecule has 4 aliphatic carbocycles. The van der Waals surface area contributed by atoms with Crippen LogP contribution in [0.15, 0.2) is 141 Å². The minimum Gasteiger partial charge on any atom is -0.368 e. The summed E-state index contributed by atoms with van der Waals surface area (Å²) in [5, 5.41) is 14.5. The van der Waals surface area contributed by atoms with Crippen LogP contribution in [0.25, 0.3) is 55.8 Å². The molecular formula is C79H63F22N25. The van der Waals surface area contributed by atoms with E-state index >= 15 is 0 Å². The molecule has 0 bridgehead atoms. The Labute approximate surface area is 694 Å². The van der Waals surface area contributed by atoms with Crippen LogP contribution in [0.3, 0.4) is 0 Å². The summed E-state index contributed by atoms with van der Waals surface area (Å²) in [4.78, 5) is 56.2. The lowest BCUT2D eigenvalue weighted by molar-refractivity contribution is -0.145. The van der Waals surface area contributed by atoms with Crippen molar-refractivity contribution in [2.24, 2.45) is 0 Å². The molecule has 5 aromatic carbocycles. The lowest BCUT2D eigenvalue weighted by Crippen LogP contribution is -2.15. The van der Waals surface area contributed by atoms with Crippen LogP contribution in [0.1, 0.15) is 115 Å². The summed E-state index contributed by atoms with van der Waals surface area (Å²) in [6.45, 7) is 1.84. The van der Waals surface area contributed by atoms with E-state index in [-0.39, 0.29) is 153 Å². The molecule has 47 heteroatoms. The van der Waals surface area contributed by atoms with Crippen LogP contribution in [-0.4, -0.2) is 128 Å². The van der Waals surface area contributed by atoms with E-state index in [0.717, 1.165) is 75.1 Å². The van der Waals surface area contributed by atoms with Gasteiger partial charge in [0, 0.05) is 53.0 Å². The standard InChI is InChI=1S/2C16H12F5N5.2C16H13F4N5.C15H13F4N5/c17-10-2-1-3-11(18)9(10)6-26-7-22-12-13(23-8-4-5-8)24-15(16(19,20)21)25-14(12)26;17-10-3-1-2-8(11(10)18)6-26-7-22-12-13(23-9-4-5-9)24-15(16(19,20)21)25-14(12)26;17-10-3-1-9(2-4-10)7-25-8-21-12-13(22-11-5-6-11)23-15(16(18,19)20)24-14(12)25;17-11-4-2-1-3-9(11)7-25-8-21-12-13(22-10-5-6-10)23-15(16(18,19)20)24-14(12)25;1-2-20-12-11-13(23-14(22-12)15(17,18)19)24(8-21-11)7-9-5-3-4-6-10(9)16/h1-3,7-8H,4-6H2,(H,23,24,25);1-3,7,9H,4-6H2,(H,23,24,25);1-4,8,11H,5-7H2,(H,22,23,24);1-4,8,10H,5-7H2,(H,22,23,24);3-6,8H,2,7H2,1H3,(H,20,22,23). The minimum absolute atomic E-state index is 0.00195. The predicted octanol–water partition coefficient (Wildman–Crippen LogP) is 18.2. The number of alkyl halides is 15. The number of rotatable bonds is 20. The molecule has 4 aliphatic rings. The molecule has 15 aromatic rings. The van der Waals surface area contributed by atoms with Crippen LogP contribution in [0.4, 0.5) is 126 Å². The highest BCUT2D eigenvalue weighted by Gasteiger charge is 2.42. The largest absolute Gasteiger partial charge is 0.451 e. The van der Waals surface area contributed by atoms with Crippen molar-refractivity contribution in [3.8, 4) is 0 Å². The zero-order chi connectivity index (χ0) is 89.5. The summed E-state index contributed by atoms with van der Waals surface area (Å²) in [7, 11) is 0. The Hall–Kier alpha value is -13.7. The maximum Gasteiger partial charge on any atom is 0.451 e. The van der Waals surface area contributed by atoms with E-state index in [0.29, 0.717) is 23.2 Å². The van der Waals surface area contributed by atoms with E-state index in [9.17, 15) is 96.6 Å². The van der Waals surface area contributed by atoms with Crippen molar-refractivity contribution in [3.05, 3.63) is 238 Å². The van der Waals surface area contributed by atoms with Gasteiger partial charge in [0.2, 0.25) is 29.1 Å². The highest BCUT2D eigenvalue weighted by atomic mass is 19.4. The van der Waals surface area contributed by atoms with Crippen molar-refractivity contribution in [3.63, 3.8) is 0 Å². The van der Waals surface area contributed by atoms with E-state index in [4.69, 9.17) is 0 Å². The number of hydrogen-bond donors (Lipinski definition) is 5. The summed E-state index contributed by atoms with van der Waals surface area (Å²) < 4.78 is 299. The number of imidazole rings is 5. The predicted molar refractivity (Wildman–Crippen MR) is 410 cm³/mol. The van der Waals surface area contributed by atoms with Crippen LogP contribution >= 0.6 is 0 Å². The van der Waals surface area contributed by atoms with E-state index < -0.39 is 94.9 Å². The number of nitrogens with one attached hydrogen (secondary N) is 5. The molecule has 658 valence electrons. The quantitative estimate of drug-likeness (QED) is 0.0443. The molecule has 0 radical (unpaired) electrons. The van der Waals surface area contributed by atoms with E-state index in [1.807, 2.05) is 0 Å². The van der Waals surface area contributed by atoms with E-state index in [2.05, 4.69) is 101 Å². The van der Waals surface area contributed by atoms with Gasteiger partial charge in [0.25, 0.3) is 0 Å². The van der Waals surface area contributed by atoms with Crippen molar-refractivity contribution in [2.75, 3.05) is 33.1 Å². The fourth-order valence-corrected chi connectivity index (χ4v) is 12.4. The molecule has 10 heterocycles. The van der Waals surface area contributed by atoms with Crippen molar-refractivity contribution < 1.29 is 96.6 Å². The lowest BCUT2D eigenvalue weighted by Gasteiger charge is -2.11. The number of fused-ring (bicyclic) bond motifs is 5. The Balaban J connectivity index is 0.000000122. The number of nitrogens with zero attached hydrogens (tertiary/aromatic N) is 20. The Bertz CT molecular complexity index is 6440. The molecule has 0 saturated heterocycles. The highest BCUT2D eigenvalue weighted by Crippen LogP contribution is 2.40. The van der Waals surface area contributed by atoms with E-state index in [1.165, 1.54) is 103 Å². The zero-order valence-corrected chi connectivity index (χ0v) is 64.7. The number of aromatic nitrogens is 20. The molecule has 4 saturated carbocycles. The maximum absolute atomic E-state index is 13.9. The third-order valence-corrected chi connectivity index (χ3v) is 19.2. The second-order valence-electron chi connectivity index (χ2n) is 29.1. The fourth-order valence-electron chi connectivity index (χ4n) is 12.4. The lowest BCUT2D eigenvalue weighted by atomic mass is 10.2. The highest BCUT2D eigenvalue weighted by molar-refractivity contribution is 5.87. The Morgan fingerprint density at radius 1 is 0.294 bits per heavy atom. The summed E-state index contributed by atoms with van der Waals surface area (Å²) in [5.74, 6) is -11.2. The summed E-state index contributed by atoms with van der Waals surface area (Å²) in [5.41, 5.74) is 1.99. The zero-order valence-electron chi connectivity index (χ0n) is 64.7. The van der Waals surface area contributed by atoms with Gasteiger partial charge in [-0.15, -0.1) is 0 Å². The summed E-state index contributed by atoms with van der Waals surface area (Å²) in [6.07, 6.45) is -10.1. The van der Waals surface area contributed by atoms with Gasteiger partial charge >= 0.3 is 30.9 Å². The normalized spacial score (nSPS) is 14.3. The average molecular weight is 1780 g/mol. The average Bonchev–Trinajstić information content (AvgIpc) is 1.61. The number of benzene rings is 5. The van der Waals surface area contributed by atoms with Crippen LogP contribution in [0, 0.1) is 40.7 Å². The van der Waals surface area contributed by atoms with Crippen molar-refractivity contribution in [2.45, 2.75) is 146 Å². The topological polar surface area (TPSA) is 278 Å². The van der Waals surface area contributed by atoms with E-state index in [1.54, 1.807) is 49.4 Å². The SMILES string of the molecule is CCNc1nc(C(F)(F)F)nc2c1ncn2Cc1ccccc1F.Fc1ccc(Cn2cnc3c(NC4CC4)nc(C(F)(F)F)nc32)cc1.Fc1cccc(Cn2cnc3c(NC4CC4)nc(C(F)(F)F)nc32)c1F.Fc1cccc(F)c1Cn1cnc2c(NC3CC3)nc(C(F)(F)F)nc21.Fc1ccccc1Cn1cnc2c(NC3CC3)nc(C(F)(F)F)nc21. The van der Waals surface area contributed by atoms with Crippen molar-refractivity contribution in [1.82, 2.24) is 97.6 Å². The molecule has 4 fully saturated rings. The molecule has 19 rings (SSSR count). The van der Waals surface area contributed by atoms with Gasteiger partial charge in [0.1, 0.15) is 56.7 Å². The molecule has 10 aromatic heterocycles. The van der Waals surface area contributed by atoms with Gasteiger partial charge in [-0.05, 0) is 106 Å². The molecule has 0 atom stereocenters. The first-order chi connectivity index (χ1) is 59.9. The fraction of sp³-hybridized carbons (Fsp3) is 0.304. The molecule has 0 amide bonds. The first-order valence-electron chi connectivity index (χ1n) is 38.2. The van der Waals surface area contributed by atoms with Gasteiger partial charge in [-0.3, -0.25) is 0 Å². The number of anilines is 5. The van der Waals surface area contributed by atoms with Crippen LogP contribution in [0.2, 0.25) is 0 Å². The molecule has 0 unspecified atom stereocenters. The molecule has 0 aliphatic heterocycles. The van der Waals surface area contributed by atoms with Crippen molar-refractivity contribution in [1.29, 1.82) is 0 Å². The monoisotopic (exact) mass is 1780 g/mol. The number of hydrogen-bond acceptors (Lipinski definition) is 20. The van der Waals surface area contributed by atoms with Gasteiger partial charge in [-0.1, -0.05) is 66.7 Å². The Morgan fingerprint density at radius 3 is 0.881 bits per heavy atom. The third kappa shape index (κ3) is 20.7. The smallest absolute Gasteiger partial charge is 0.368 e. The molecule has 126 heavy (non-hydrogen) atoms. The summed E-state index contributed by atoms with van der Waals surface area (Å²) >= 11 is 0. The molecule has 5 N–H and O–H groups in total.